The number of nitrogens with zero attached hydrogens (tertiary/aromatic N) is 1. The van der Waals surface area contributed by atoms with Crippen LogP contribution in [0.2, 0.25) is 5.02 Å². The van der Waals surface area contributed by atoms with Crippen LogP contribution in [0, 0.1) is 0 Å². The van der Waals surface area contributed by atoms with Gasteiger partial charge < -0.3 is 20.5 Å². The van der Waals surface area contributed by atoms with Crippen molar-refractivity contribution in [3.05, 3.63) is 58.6 Å². The topological polar surface area (TPSA) is 65.9 Å². The van der Waals surface area contributed by atoms with E-state index in [1.165, 1.54) is 7.11 Å². The number of para-hydroxylation sites is 1. The van der Waals surface area contributed by atoms with Gasteiger partial charge in [0.05, 0.1) is 19.7 Å². The van der Waals surface area contributed by atoms with Crippen LogP contribution in [-0.2, 0) is 6.54 Å². The number of aliphatic imine (C=N–C) groups is 1. The maximum Gasteiger partial charge on any atom is 0.192 e. The molecule has 2 aromatic rings. The molecule has 134 valence electrons. The lowest BCUT2D eigenvalue weighted by molar-refractivity contribution is 0.370. The van der Waals surface area contributed by atoms with E-state index in [1.54, 1.807) is 6.07 Å². The third-order valence-electron chi connectivity index (χ3n) is 3.78. The molecule has 0 radical (unpaired) electrons. The Hall–Kier alpha value is -2.40. The zero-order valence-corrected chi connectivity index (χ0v) is 15.5. The zero-order valence-electron chi connectivity index (χ0n) is 14.7. The van der Waals surface area contributed by atoms with Gasteiger partial charge in [0.1, 0.15) is 0 Å². The monoisotopic (exact) mass is 361 g/mol. The average Bonchev–Trinajstić information content (AvgIpc) is 2.61. The number of methoxy groups -OCH3 is 1. The fraction of sp³-hybridized carbons (Fsp3) is 0.316. The first-order chi connectivity index (χ1) is 12.0. The molecule has 0 aliphatic rings. The van der Waals surface area contributed by atoms with Gasteiger partial charge in [-0.05, 0) is 37.6 Å². The van der Waals surface area contributed by atoms with Crippen molar-refractivity contribution in [1.82, 2.24) is 10.6 Å². The molecule has 0 heterocycles. The Kier molecular flexibility index (Phi) is 6.95. The van der Waals surface area contributed by atoms with E-state index in [1.807, 2.05) is 43.3 Å². The van der Waals surface area contributed by atoms with Gasteiger partial charge in [0, 0.05) is 17.1 Å². The fourth-order valence-electron chi connectivity index (χ4n) is 2.38. The number of ether oxygens (including phenoxy) is 1. The Morgan fingerprint density at radius 2 is 1.96 bits per heavy atom. The minimum absolute atomic E-state index is 0.0639. The average molecular weight is 362 g/mol. The van der Waals surface area contributed by atoms with Crippen LogP contribution < -0.4 is 15.4 Å². The van der Waals surface area contributed by atoms with E-state index in [9.17, 15) is 5.11 Å². The SMILES string of the molecule is CCNC(=NCc1cccc(OC)c1O)NC(C)c1ccc(Cl)cc1. The Labute approximate surface area is 153 Å². The van der Waals surface area contributed by atoms with E-state index in [-0.39, 0.29) is 11.8 Å². The molecule has 0 spiro atoms. The first kappa shape index (κ1) is 18.9. The molecule has 5 nitrogen and oxygen atoms in total. The summed E-state index contributed by atoms with van der Waals surface area (Å²) in [6, 6.07) is 13.1. The van der Waals surface area contributed by atoms with Gasteiger partial charge in [-0.1, -0.05) is 35.9 Å². The van der Waals surface area contributed by atoms with Crippen LogP contribution in [0.3, 0.4) is 0 Å². The van der Waals surface area contributed by atoms with E-state index in [4.69, 9.17) is 16.3 Å². The molecule has 25 heavy (non-hydrogen) atoms. The van der Waals surface area contributed by atoms with Crippen molar-refractivity contribution in [2.45, 2.75) is 26.4 Å². The Morgan fingerprint density at radius 1 is 1.24 bits per heavy atom. The van der Waals surface area contributed by atoms with Crippen LogP contribution in [0.25, 0.3) is 0 Å². The molecule has 6 heteroatoms. The summed E-state index contributed by atoms with van der Waals surface area (Å²) in [4.78, 5) is 4.56. The highest BCUT2D eigenvalue weighted by molar-refractivity contribution is 6.30. The molecule has 0 bridgehead atoms. The molecule has 3 N–H and O–H groups in total. The van der Waals surface area contributed by atoms with Gasteiger partial charge in [-0.2, -0.15) is 0 Å². The number of nitrogens with one attached hydrogen (secondary N) is 2. The molecule has 0 saturated carbocycles. The molecular formula is C19H24ClN3O2. The second kappa shape index (κ2) is 9.18. The van der Waals surface area contributed by atoms with Crippen LogP contribution in [0.4, 0.5) is 0 Å². The molecule has 0 aromatic heterocycles. The summed E-state index contributed by atoms with van der Waals surface area (Å²) < 4.78 is 5.13. The molecular weight excluding hydrogens is 338 g/mol. The van der Waals surface area contributed by atoms with Gasteiger partial charge in [-0.3, -0.25) is 0 Å². The van der Waals surface area contributed by atoms with Crippen molar-refractivity contribution in [2.75, 3.05) is 13.7 Å². The maximum atomic E-state index is 10.2. The predicted octanol–water partition coefficient (Wildman–Crippen LogP) is 3.87. The van der Waals surface area contributed by atoms with Gasteiger partial charge >= 0.3 is 0 Å². The van der Waals surface area contributed by atoms with Gasteiger partial charge in [0.15, 0.2) is 17.5 Å². The third-order valence-corrected chi connectivity index (χ3v) is 4.03. The van der Waals surface area contributed by atoms with E-state index >= 15 is 0 Å². The Morgan fingerprint density at radius 3 is 2.60 bits per heavy atom. The molecule has 2 rings (SSSR count). The highest BCUT2D eigenvalue weighted by atomic mass is 35.5. The second-order valence-corrected chi connectivity index (χ2v) is 6.02. The summed E-state index contributed by atoms with van der Waals surface area (Å²) in [6.45, 7) is 5.14. The van der Waals surface area contributed by atoms with Gasteiger partial charge in [-0.25, -0.2) is 4.99 Å². The minimum Gasteiger partial charge on any atom is -0.504 e. The number of rotatable bonds is 6. The molecule has 0 aliphatic heterocycles. The summed E-state index contributed by atoms with van der Waals surface area (Å²) in [6.07, 6.45) is 0. The van der Waals surface area contributed by atoms with E-state index in [2.05, 4.69) is 22.5 Å². The quantitative estimate of drug-likeness (QED) is 0.539. The predicted molar refractivity (Wildman–Crippen MR) is 102 cm³/mol. The molecule has 1 atom stereocenters. The fourth-order valence-corrected chi connectivity index (χ4v) is 2.51. The molecule has 0 aliphatic carbocycles. The van der Waals surface area contributed by atoms with Crippen molar-refractivity contribution >= 4 is 17.6 Å². The first-order valence-corrected chi connectivity index (χ1v) is 8.58. The number of halogens is 1. The van der Waals surface area contributed by atoms with E-state index in [0.717, 1.165) is 12.1 Å². The van der Waals surface area contributed by atoms with Crippen molar-refractivity contribution in [3.63, 3.8) is 0 Å². The first-order valence-electron chi connectivity index (χ1n) is 8.20. The van der Waals surface area contributed by atoms with Crippen LogP contribution in [0.1, 0.15) is 31.0 Å². The summed E-state index contributed by atoms with van der Waals surface area (Å²) in [5.74, 6) is 1.24. The minimum atomic E-state index is 0.0639. The number of phenolic OH excluding ortho intramolecular Hbond substituents is 1. The van der Waals surface area contributed by atoms with Gasteiger partial charge in [0.2, 0.25) is 0 Å². The van der Waals surface area contributed by atoms with Crippen molar-refractivity contribution < 1.29 is 9.84 Å². The lowest BCUT2D eigenvalue weighted by atomic mass is 10.1. The van der Waals surface area contributed by atoms with Crippen LogP contribution in [0.15, 0.2) is 47.5 Å². The van der Waals surface area contributed by atoms with Crippen molar-refractivity contribution in [3.8, 4) is 11.5 Å². The highest BCUT2D eigenvalue weighted by Gasteiger charge is 2.10. The van der Waals surface area contributed by atoms with Gasteiger partial charge in [0.25, 0.3) is 0 Å². The van der Waals surface area contributed by atoms with Gasteiger partial charge in [-0.15, -0.1) is 0 Å². The number of guanidine groups is 1. The largest absolute Gasteiger partial charge is 0.504 e. The van der Waals surface area contributed by atoms with Crippen LogP contribution in [0.5, 0.6) is 11.5 Å². The smallest absolute Gasteiger partial charge is 0.192 e. The zero-order chi connectivity index (χ0) is 18.2. The van der Waals surface area contributed by atoms with Crippen LogP contribution >= 0.6 is 11.6 Å². The summed E-state index contributed by atoms with van der Waals surface area (Å²) in [5, 5.41) is 17.5. The summed E-state index contributed by atoms with van der Waals surface area (Å²) in [5.41, 5.74) is 1.81. The number of phenols is 1. The van der Waals surface area contributed by atoms with Crippen molar-refractivity contribution in [1.29, 1.82) is 0 Å². The maximum absolute atomic E-state index is 10.2. The number of benzene rings is 2. The van der Waals surface area contributed by atoms with Crippen molar-refractivity contribution in [2.24, 2.45) is 4.99 Å². The molecule has 1 unspecified atom stereocenters. The molecule has 2 aromatic carbocycles. The van der Waals surface area contributed by atoms with E-state index in [0.29, 0.717) is 28.8 Å². The highest BCUT2D eigenvalue weighted by Crippen LogP contribution is 2.29. The lowest BCUT2D eigenvalue weighted by Crippen LogP contribution is -2.38. The Balaban J connectivity index is 2.11. The summed E-state index contributed by atoms with van der Waals surface area (Å²) in [7, 11) is 1.53. The van der Waals surface area contributed by atoms with E-state index < -0.39 is 0 Å². The lowest BCUT2D eigenvalue weighted by Gasteiger charge is -2.18. The number of hydrogen-bond donors (Lipinski definition) is 3. The third kappa shape index (κ3) is 5.29. The normalized spacial score (nSPS) is 12.6. The Bertz CT molecular complexity index is 717. The molecule has 0 saturated heterocycles. The molecule has 0 amide bonds. The number of hydrogen-bond acceptors (Lipinski definition) is 3. The number of aromatic hydroxyl groups is 1. The molecule has 0 fully saturated rings. The standard InChI is InChI=1S/C19H24ClN3O2/c1-4-21-19(23-13(2)14-8-10-16(20)11-9-14)22-12-15-6-5-7-17(25-3)18(15)24/h5-11,13,24H,4,12H2,1-3H3,(H2,21,22,23). The second-order valence-electron chi connectivity index (χ2n) is 5.58. The summed E-state index contributed by atoms with van der Waals surface area (Å²) >= 11 is 5.94. The van der Waals surface area contributed by atoms with Crippen LogP contribution in [-0.4, -0.2) is 24.7 Å².